The molecule has 0 amide bonds. The first-order valence-electron chi connectivity index (χ1n) is 5.20. The predicted octanol–water partition coefficient (Wildman–Crippen LogP) is 1.30. The van der Waals surface area contributed by atoms with Gasteiger partial charge in [-0.3, -0.25) is 0 Å². The molecule has 0 aliphatic heterocycles. The fourth-order valence-electron chi connectivity index (χ4n) is 1.53. The molecule has 5 heteroatoms. The Balaban J connectivity index is 2.38. The van der Waals surface area contributed by atoms with Crippen LogP contribution in [0.5, 0.6) is 0 Å². The van der Waals surface area contributed by atoms with E-state index in [1.54, 1.807) is 10.9 Å². The van der Waals surface area contributed by atoms with Gasteiger partial charge in [0.2, 0.25) is 0 Å². The van der Waals surface area contributed by atoms with Crippen molar-refractivity contribution >= 4 is 0 Å². The van der Waals surface area contributed by atoms with Crippen LogP contribution in [0.2, 0.25) is 0 Å². The first-order valence-corrected chi connectivity index (χ1v) is 5.20. The molecule has 0 saturated carbocycles. The first kappa shape index (κ1) is 10.8. The minimum atomic E-state index is 0.000120. The molecule has 2 rings (SSSR count). The van der Waals surface area contributed by atoms with Crippen molar-refractivity contribution < 1.29 is 0 Å². The molecule has 0 bridgehead atoms. The number of aryl methyl sites for hydroxylation is 2. The molecule has 0 aliphatic rings. The average molecular weight is 217 g/mol. The zero-order valence-corrected chi connectivity index (χ0v) is 9.68. The zero-order chi connectivity index (χ0) is 11.7. The van der Waals surface area contributed by atoms with E-state index in [0.29, 0.717) is 0 Å². The fourth-order valence-corrected chi connectivity index (χ4v) is 1.53. The lowest BCUT2D eigenvalue weighted by Gasteiger charge is -2.06. The first-order chi connectivity index (χ1) is 7.58. The Morgan fingerprint density at radius 3 is 2.50 bits per heavy atom. The summed E-state index contributed by atoms with van der Waals surface area (Å²) in [5.74, 6) is 2.34. The van der Waals surface area contributed by atoms with Crippen molar-refractivity contribution in [3.63, 3.8) is 0 Å². The van der Waals surface area contributed by atoms with Crippen molar-refractivity contribution in [2.24, 2.45) is 5.73 Å². The summed E-state index contributed by atoms with van der Waals surface area (Å²) in [6.07, 6.45) is 1.77. The smallest absolute Gasteiger partial charge is 0.155 e. The third kappa shape index (κ3) is 1.94. The highest BCUT2D eigenvalue weighted by atomic mass is 15.4. The van der Waals surface area contributed by atoms with Gasteiger partial charge < -0.3 is 5.73 Å². The molecule has 2 aromatic rings. The molecule has 0 saturated heterocycles. The highest BCUT2D eigenvalue weighted by molar-refractivity contribution is 5.26. The lowest BCUT2D eigenvalue weighted by Crippen LogP contribution is -2.07. The molecular formula is C11H15N5. The second kappa shape index (κ2) is 4.02. The van der Waals surface area contributed by atoms with Gasteiger partial charge in [0.05, 0.1) is 0 Å². The average Bonchev–Trinajstić information content (AvgIpc) is 2.58. The van der Waals surface area contributed by atoms with Crippen molar-refractivity contribution in [2.45, 2.75) is 26.8 Å². The van der Waals surface area contributed by atoms with Crippen LogP contribution >= 0.6 is 0 Å². The van der Waals surface area contributed by atoms with Gasteiger partial charge >= 0.3 is 0 Å². The minimum absolute atomic E-state index is 0.000120. The van der Waals surface area contributed by atoms with Crippen LogP contribution in [0.4, 0.5) is 0 Å². The van der Waals surface area contributed by atoms with Crippen LogP contribution in [0, 0.1) is 13.8 Å². The summed E-state index contributed by atoms with van der Waals surface area (Å²) < 4.78 is 1.72. The van der Waals surface area contributed by atoms with Gasteiger partial charge in [-0.2, -0.15) is 4.68 Å². The molecule has 5 nitrogen and oxygen atoms in total. The van der Waals surface area contributed by atoms with E-state index in [4.69, 9.17) is 5.73 Å². The third-order valence-electron chi connectivity index (χ3n) is 2.39. The summed E-state index contributed by atoms with van der Waals surface area (Å²) in [5.41, 5.74) is 6.77. The number of nitrogens with two attached hydrogens (primary N) is 1. The van der Waals surface area contributed by atoms with E-state index in [0.717, 1.165) is 23.0 Å². The molecule has 16 heavy (non-hydrogen) atoms. The van der Waals surface area contributed by atoms with E-state index in [2.05, 4.69) is 15.1 Å². The second-order valence-corrected chi connectivity index (χ2v) is 3.86. The van der Waals surface area contributed by atoms with Gasteiger partial charge in [0, 0.05) is 12.2 Å². The molecule has 0 fully saturated rings. The standard InChI is InChI=1S/C11H15N5/c1-7(12)10-4-5-11(13-6-10)16-9(3)14-8(2)15-16/h4-7H,12H2,1-3H3. The van der Waals surface area contributed by atoms with Gasteiger partial charge in [-0.1, -0.05) is 6.07 Å². The summed E-state index contributed by atoms with van der Waals surface area (Å²) in [4.78, 5) is 8.56. The summed E-state index contributed by atoms with van der Waals surface area (Å²) >= 11 is 0. The molecule has 0 radical (unpaired) electrons. The molecule has 1 atom stereocenters. The largest absolute Gasteiger partial charge is 0.324 e. The molecule has 0 aliphatic carbocycles. The van der Waals surface area contributed by atoms with Crippen molar-refractivity contribution in [1.82, 2.24) is 19.7 Å². The van der Waals surface area contributed by atoms with Gasteiger partial charge in [-0.15, -0.1) is 5.10 Å². The maximum absolute atomic E-state index is 5.76. The molecule has 2 heterocycles. The Labute approximate surface area is 94.3 Å². The van der Waals surface area contributed by atoms with Crippen LogP contribution < -0.4 is 5.73 Å². The predicted molar refractivity (Wildman–Crippen MR) is 61.2 cm³/mol. The lowest BCUT2D eigenvalue weighted by atomic mass is 10.2. The van der Waals surface area contributed by atoms with Crippen LogP contribution in [-0.4, -0.2) is 19.7 Å². The van der Waals surface area contributed by atoms with E-state index in [1.165, 1.54) is 0 Å². The molecule has 84 valence electrons. The van der Waals surface area contributed by atoms with Gasteiger partial charge in [0.25, 0.3) is 0 Å². The maximum atomic E-state index is 5.76. The topological polar surface area (TPSA) is 69.6 Å². The number of pyridine rings is 1. The van der Waals surface area contributed by atoms with E-state index < -0.39 is 0 Å². The van der Waals surface area contributed by atoms with E-state index in [9.17, 15) is 0 Å². The Morgan fingerprint density at radius 1 is 1.31 bits per heavy atom. The van der Waals surface area contributed by atoms with Gasteiger partial charge in [0.15, 0.2) is 5.82 Å². The number of nitrogens with zero attached hydrogens (tertiary/aromatic N) is 4. The number of aromatic nitrogens is 4. The maximum Gasteiger partial charge on any atom is 0.155 e. The minimum Gasteiger partial charge on any atom is -0.324 e. The molecule has 0 aromatic carbocycles. The van der Waals surface area contributed by atoms with Crippen LogP contribution in [0.1, 0.15) is 30.2 Å². The Kier molecular flexibility index (Phi) is 2.70. The molecule has 2 aromatic heterocycles. The van der Waals surface area contributed by atoms with E-state index in [1.807, 2.05) is 32.9 Å². The van der Waals surface area contributed by atoms with Gasteiger partial charge in [0.1, 0.15) is 11.6 Å². The normalized spacial score (nSPS) is 12.8. The van der Waals surface area contributed by atoms with Gasteiger partial charge in [-0.25, -0.2) is 9.97 Å². The fraction of sp³-hybridized carbons (Fsp3) is 0.364. The van der Waals surface area contributed by atoms with Crippen molar-refractivity contribution in [3.05, 3.63) is 35.5 Å². The van der Waals surface area contributed by atoms with Crippen molar-refractivity contribution in [3.8, 4) is 5.82 Å². The highest BCUT2D eigenvalue weighted by Crippen LogP contribution is 2.11. The van der Waals surface area contributed by atoms with E-state index in [-0.39, 0.29) is 6.04 Å². The summed E-state index contributed by atoms with van der Waals surface area (Å²) in [6, 6.07) is 3.86. The number of rotatable bonds is 2. The summed E-state index contributed by atoms with van der Waals surface area (Å²) in [6.45, 7) is 5.70. The summed E-state index contributed by atoms with van der Waals surface area (Å²) in [5, 5.41) is 4.27. The quantitative estimate of drug-likeness (QED) is 0.823. The summed E-state index contributed by atoms with van der Waals surface area (Å²) in [7, 11) is 0. The number of hydrogen-bond acceptors (Lipinski definition) is 4. The Morgan fingerprint density at radius 2 is 2.06 bits per heavy atom. The van der Waals surface area contributed by atoms with Gasteiger partial charge in [-0.05, 0) is 32.4 Å². The van der Waals surface area contributed by atoms with Crippen molar-refractivity contribution in [2.75, 3.05) is 0 Å². The molecule has 2 N–H and O–H groups in total. The monoisotopic (exact) mass is 217 g/mol. The van der Waals surface area contributed by atoms with Crippen LogP contribution in [0.15, 0.2) is 18.3 Å². The number of hydrogen-bond donors (Lipinski definition) is 1. The van der Waals surface area contributed by atoms with Crippen LogP contribution in [0.25, 0.3) is 5.82 Å². The SMILES string of the molecule is Cc1nc(C)n(-c2ccc(C(C)N)cn2)n1. The van der Waals surface area contributed by atoms with Crippen LogP contribution in [0.3, 0.4) is 0 Å². The van der Waals surface area contributed by atoms with Crippen molar-refractivity contribution in [1.29, 1.82) is 0 Å². The Hall–Kier alpha value is -1.75. The second-order valence-electron chi connectivity index (χ2n) is 3.86. The molecular weight excluding hydrogens is 202 g/mol. The third-order valence-corrected chi connectivity index (χ3v) is 2.39. The van der Waals surface area contributed by atoms with Crippen LogP contribution in [-0.2, 0) is 0 Å². The van der Waals surface area contributed by atoms with E-state index >= 15 is 0 Å². The lowest BCUT2D eigenvalue weighted by molar-refractivity contribution is 0.781. The zero-order valence-electron chi connectivity index (χ0n) is 9.68. The molecule has 0 spiro atoms. The Bertz CT molecular complexity index is 484. The highest BCUT2D eigenvalue weighted by Gasteiger charge is 2.06. The molecule has 1 unspecified atom stereocenters.